The monoisotopic (exact) mass is 582 g/mol. The van der Waals surface area contributed by atoms with Crippen molar-refractivity contribution < 1.29 is 71.6 Å². The van der Waals surface area contributed by atoms with E-state index in [0.29, 0.717) is 0 Å². The molecule has 0 heterocycles. The third-order valence-electron chi connectivity index (χ3n) is 5.67. The highest BCUT2D eigenvalue weighted by Gasteiger charge is 2.76. The molecule has 222 valence electrons. The summed E-state index contributed by atoms with van der Waals surface area (Å²) in [6.45, 7) is 0.856. The summed E-state index contributed by atoms with van der Waals surface area (Å²) in [5.41, 5.74) is -15.5. The smallest absolute Gasteiger partial charge is 0.356 e. The van der Waals surface area contributed by atoms with Gasteiger partial charge < -0.3 is 18.9 Å². The summed E-state index contributed by atoms with van der Waals surface area (Å²) in [5, 5.41) is 0. The Morgan fingerprint density at radius 3 is 1.13 bits per heavy atom. The van der Waals surface area contributed by atoms with Gasteiger partial charge in [0.05, 0.1) is 0 Å². The molecule has 0 bridgehead atoms. The lowest BCUT2D eigenvalue weighted by Crippen LogP contribution is -2.58. The molecule has 0 saturated carbocycles. The second-order valence-corrected chi connectivity index (χ2v) is 8.02. The fourth-order valence-electron chi connectivity index (χ4n) is 3.48. The first-order valence-electron chi connectivity index (χ1n) is 11.0. The molecule has 1 rings (SSSR count). The SMILES string of the molecule is CCOCOC(c1cc(C(C)CC)cc(C(OCOCC)(C(F)(F)F)C(F)(F)F)c1)(C(F)(F)F)C(F)(F)F. The topological polar surface area (TPSA) is 36.9 Å². The minimum absolute atomic E-state index is 0.0709. The zero-order valence-corrected chi connectivity index (χ0v) is 20.5. The van der Waals surface area contributed by atoms with E-state index >= 15 is 0 Å². The minimum atomic E-state index is -6.40. The van der Waals surface area contributed by atoms with Crippen molar-refractivity contribution >= 4 is 0 Å². The zero-order chi connectivity index (χ0) is 29.8. The van der Waals surface area contributed by atoms with E-state index in [1.807, 2.05) is 0 Å². The molecule has 0 amide bonds. The van der Waals surface area contributed by atoms with Crippen LogP contribution in [0, 0.1) is 0 Å². The van der Waals surface area contributed by atoms with E-state index in [1.165, 1.54) is 27.7 Å². The van der Waals surface area contributed by atoms with Gasteiger partial charge in [0, 0.05) is 24.3 Å². The van der Waals surface area contributed by atoms with Crippen LogP contribution in [0.2, 0.25) is 0 Å². The first kappa shape index (κ1) is 34.2. The Labute approximate surface area is 210 Å². The number of alkyl halides is 12. The Balaban J connectivity index is 4.30. The second kappa shape index (κ2) is 12.2. The molecule has 0 saturated heterocycles. The number of hydrogen-bond donors (Lipinski definition) is 0. The molecular weight excluding hydrogens is 556 g/mol. The Morgan fingerprint density at radius 2 is 0.895 bits per heavy atom. The van der Waals surface area contributed by atoms with Crippen molar-refractivity contribution in [3.05, 3.63) is 34.9 Å². The predicted molar refractivity (Wildman–Crippen MR) is 108 cm³/mol. The number of ether oxygens (including phenoxy) is 4. The maximum Gasteiger partial charge on any atom is 0.430 e. The van der Waals surface area contributed by atoms with E-state index < -0.39 is 91.4 Å². The van der Waals surface area contributed by atoms with Crippen molar-refractivity contribution in [3.8, 4) is 0 Å². The molecule has 1 atom stereocenters. The van der Waals surface area contributed by atoms with Gasteiger partial charge in [-0.05, 0) is 37.8 Å². The Bertz CT molecular complexity index is 798. The largest absolute Gasteiger partial charge is 0.430 e. The molecule has 0 spiro atoms. The number of rotatable bonds is 12. The molecule has 0 fully saturated rings. The molecule has 38 heavy (non-hydrogen) atoms. The van der Waals surface area contributed by atoms with Gasteiger partial charge in [0.15, 0.2) is 0 Å². The van der Waals surface area contributed by atoms with E-state index in [0.717, 1.165) is 0 Å². The first-order chi connectivity index (χ1) is 17.2. The fourth-order valence-corrected chi connectivity index (χ4v) is 3.48. The second-order valence-electron chi connectivity index (χ2n) is 8.02. The van der Waals surface area contributed by atoms with Crippen LogP contribution >= 0.6 is 0 Å². The summed E-state index contributed by atoms with van der Waals surface area (Å²) in [7, 11) is 0. The highest BCUT2D eigenvalue weighted by atomic mass is 19.4. The van der Waals surface area contributed by atoms with Crippen LogP contribution in [0.15, 0.2) is 18.2 Å². The summed E-state index contributed by atoms with van der Waals surface area (Å²) < 4.78 is 187. The summed E-state index contributed by atoms with van der Waals surface area (Å²) in [4.78, 5) is 0. The predicted octanol–water partition coefficient (Wildman–Crippen LogP) is 7.86. The summed E-state index contributed by atoms with van der Waals surface area (Å²) in [6.07, 6.45) is -25.7. The zero-order valence-electron chi connectivity index (χ0n) is 20.5. The lowest BCUT2D eigenvalue weighted by atomic mass is 9.81. The van der Waals surface area contributed by atoms with Crippen molar-refractivity contribution in [2.24, 2.45) is 0 Å². The van der Waals surface area contributed by atoms with Crippen molar-refractivity contribution in [3.63, 3.8) is 0 Å². The van der Waals surface area contributed by atoms with Gasteiger partial charge in [0.2, 0.25) is 0 Å². The summed E-state index contributed by atoms with van der Waals surface area (Å²) in [5.74, 6) is -1.08. The van der Waals surface area contributed by atoms with Gasteiger partial charge in [-0.15, -0.1) is 0 Å². The van der Waals surface area contributed by atoms with E-state index in [4.69, 9.17) is 0 Å². The molecule has 1 aromatic rings. The van der Waals surface area contributed by atoms with Gasteiger partial charge in [0.25, 0.3) is 11.2 Å². The van der Waals surface area contributed by atoms with Gasteiger partial charge in [-0.3, -0.25) is 0 Å². The average Bonchev–Trinajstić information content (AvgIpc) is 2.75. The van der Waals surface area contributed by atoms with Crippen LogP contribution in [0.5, 0.6) is 0 Å². The van der Waals surface area contributed by atoms with Crippen molar-refractivity contribution in [2.75, 3.05) is 26.8 Å². The van der Waals surface area contributed by atoms with E-state index in [-0.39, 0.29) is 18.6 Å². The molecule has 1 unspecified atom stereocenters. The van der Waals surface area contributed by atoms with Crippen LogP contribution in [0.4, 0.5) is 52.7 Å². The lowest BCUT2D eigenvalue weighted by Gasteiger charge is -2.40. The first-order valence-corrected chi connectivity index (χ1v) is 11.0. The normalized spacial score (nSPS) is 15.2. The van der Waals surface area contributed by atoms with Gasteiger partial charge in [-0.1, -0.05) is 26.0 Å². The van der Waals surface area contributed by atoms with Gasteiger partial charge in [-0.2, -0.15) is 52.7 Å². The van der Waals surface area contributed by atoms with Crippen LogP contribution in [0.1, 0.15) is 56.7 Å². The quantitative estimate of drug-likeness (QED) is 0.143. The molecule has 0 N–H and O–H groups in total. The molecular formula is C22H26F12O4. The third kappa shape index (κ3) is 6.50. The van der Waals surface area contributed by atoms with Crippen molar-refractivity contribution in [2.45, 2.75) is 75.9 Å². The highest BCUT2D eigenvalue weighted by Crippen LogP contribution is 2.57. The Hall–Kier alpha value is -1.78. The van der Waals surface area contributed by atoms with E-state index in [2.05, 4.69) is 18.9 Å². The Morgan fingerprint density at radius 1 is 0.579 bits per heavy atom. The van der Waals surface area contributed by atoms with Crippen LogP contribution < -0.4 is 0 Å². The molecule has 0 aliphatic carbocycles. The molecule has 1 aromatic carbocycles. The Kier molecular flexibility index (Phi) is 11.0. The van der Waals surface area contributed by atoms with Crippen molar-refractivity contribution in [1.82, 2.24) is 0 Å². The van der Waals surface area contributed by atoms with Crippen LogP contribution in [-0.2, 0) is 30.1 Å². The van der Waals surface area contributed by atoms with E-state index in [9.17, 15) is 52.7 Å². The third-order valence-corrected chi connectivity index (χ3v) is 5.67. The van der Waals surface area contributed by atoms with E-state index in [1.54, 1.807) is 0 Å². The molecule has 0 aromatic heterocycles. The number of hydrogen-bond acceptors (Lipinski definition) is 4. The summed E-state index contributed by atoms with van der Waals surface area (Å²) in [6, 6.07) is -0.0823. The maximum absolute atomic E-state index is 14.1. The fraction of sp³-hybridized carbons (Fsp3) is 0.727. The minimum Gasteiger partial charge on any atom is -0.356 e. The number of halogens is 12. The molecule has 0 radical (unpaired) electrons. The number of benzene rings is 1. The highest BCUT2D eigenvalue weighted by molar-refractivity contribution is 5.42. The van der Waals surface area contributed by atoms with Gasteiger partial charge >= 0.3 is 24.7 Å². The standard InChI is InChI=1S/C22H26F12O4/c1-5-13(4)14-8-15(17(19(23,24)25,20(26,27)28)37-11-35-6-2)10-16(9-14)18(21(29,30)31,22(32,33)34)38-12-36-7-3/h8-10,13H,5-7,11-12H2,1-4H3. The van der Waals surface area contributed by atoms with Crippen molar-refractivity contribution in [1.29, 1.82) is 0 Å². The molecule has 16 heteroatoms. The average molecular weight is 582 g/mol. The van der Waals surface area contributed by atoms with Crippen LogP contribution in [0.3, 0.4) is 0 Å². The summed E-state index contributed by atoms with van der Waals surface area (Å²) >= 11 is 0. The molecule has 0 aliphatic heterocycles. The molecule has 0 aliphatic rings. The lowest BCUT2D eigenvalue weighted by molar-refractivity contribution is -0.403. The van der Waals surface area contributed by atoms with Crippen LogP contribution in [-0.4, -0.2) is 51.5 Å². The van der Waals surface area contributed by atoms with Gasteiger partial charge in [0.1, 0.15) is 13.6 Å². The van der Waals surface area contributed by atoms with Crippen LogP contribution in [0.25, 0.3) is 0 Å². The molecule has 4 nitrogen and oxygen atoms in total. The maximum atomic E-state index is 14.1. The van der Waals surface area contributed by atoms with Gasteiger partial charge in [-0.25, -0.2) is 0 Å².